The number of hydrogen-bond acceptors (Lipinski definition) is 1. The summed E-state index contributed by atoms with van der Waals surface area (Å²) >= 11 is 2.91. The van der Waals surface area contributed by atoms with Gasteiger partial charge in [-0.3, -0.25) is 4.79 Å². The number of Topliss-reactive ketones (excluding diaryl/α,β-unsaturated/α-hetero) is 1. The maximum Gasteiger partial charge on any atom is 0.389 e. The second-order valence-corrected chi connectivity index (χ2v) is 4.35. The highest BCUT2D eigenvalue weighted by Crippen LogP contribution is 2.24. The van der Waals surface area contributed by atoms with Crippen LogP contribution in [0.15, 0.2) is 22.7 Å². The Kier molecular flexibility index (Phi) is 4.68. The van der Waals surface area contributed by atoms with E-state index >= 15 is 0 Å². The van der Waals surface area contributed by atoms with Crippen LogP contribution in [0.4, 0.5) is 17.6 Å². The average Bonchev–Trinajstić information content (AvgIpc) is 2.20. The Morgan fingerprint density at radius 3 is 2.53 bits per heavy atom. The molecule has 0 amide bonds. The lowest BCUT2D eigenvalue weighted by Gasteiger charge is -2.06. The minimum Gasteiger partial charge on any atom is -0.294 e. The molecule has 94 valence electrons. The predicted octanol–water partition coefficient (Wildman–Crippen LogP) is 4.50. The van der Waals surface area contributed by atoms with E-state index in [9.17, 15) is 22.4 Å². The lowest BCUT2D eigenvalue weighted by Crippen LogP contribution is -2.09. The molecular weight excluding hydrogens is 304 g/mol. The van der Waals surface area contributed by atoms with E-state index in [1.165, 1.54) is 18.2 Å². The largest absolute Gasteiger partial charge is 0.389 e. The molecule has 1 aromatic carbocycles. The van der Waals surface area contributed by atoms with Crippen LogP contribution in [-0.2, 0) is 0 Å². The number of ketones is 1. The van der Waals surface area contributed by atoms with E-state index in [-0.39, 0.29) is 22.9 Å². The first kappa shape index (κ1) is 14.2. The minimum atomic E-state index is -4.28. The van der Waals surface area contributed by atoms with Gasteiger partial charge in [0.15, 0.2) is 5.78 Å². The normalized spacial score (nSPS) is 11.6. The molecule has 0 radical (unpaired) electrons. The fourth-order valence-corrected chi connectivity index (χ4v) is 1.67. The first-order valence-electron chi connectivity index (χ1n) is 4.85. The zero-order valence-corrected chi connectivity index (χ0v) is 10.2. The summed E-state index contributed by atoms with van der Waals surface area (Å²) in [5, 5.41) is 0. The summed E-state index contributed by atoms with van der Waals surface area (Å²) in [5.41, 5.74) is -0.179. The quantitative estimate of drug-likeness (QED) is 0.591. The topological polar surface area (TPSA) is 17.1 Å². The van der Waals surface area contributed by atoms with Crippen molar-refractivity contribution in [3.8, 4) is 0 Å². The first-order valence-corrected chi connectivity index (χ1v) is 5.64. The molecule has 0 aliphatic rings. The van der Waals surface area contributed by atoms with Gasteiger partial charge in [-0.2, -0.15) is 13.2 Å². The molecule has 0 aromatic heterocycles. The van der Waals surface area contributed by atoms with Gasteiger partial charge >= 0.3 is 6.18 Å². The fraction of sp³-hybridized carbons (Fsp3) is 0.364. The van der Waals surface area contributed by atoms with E-state index < -0.39 is 24.2 Å². The molecule has 0 aliphatic carbocycles. The highest BCUT2D eigenvalue weighted by Gasteiger charge is 2.27. The molecule has 0 atom stereocenters. The lowest BCUT2D eigenvalue weighted by molar-refractivity contribution is -0.135. The first-order chi connectivity index (χ1) is 7.81. The van der Waals surface area contributed by atoms with Crippen molar-refractivity contribution >= 4 is 21.7 Å². The van der Waals surface area contributed by atoms with E-state index in [0.717, 1.165) is 0 Å². The molecule has 1 nitrogen and oxygen atoms in total. The zero-order valence-electron chi connectivity index (χ0n) is 8.65. The van der Waals surface area contributed by atoms with Gasteiger partial charge in [-0.05, 0) is 34.5 Å². The van der Waals surface area contributed by atoms with Crippen molar-refractivity contribution in [2.45, 2.75) is 25.4 Å². The number of alkyl halides is 3. The van der Waals surface area contributed by atoms with Crippen molar-refractivity contribution in [1.29, 1.82) is 0 Å². The molecule has 1 aromatic rings. The lowest BCUT2D eigenvalue weighted by atomic mass is 10.0. The second-order valence-electron chi connectivity index (χ2n) is 3.49. The fourth-order valence-electron chi connectivity index (χ4n) is 1.30. The van der Waals surface area contributed by atoms with Gasteiger partial charge in [-0.15, -0.1) is 0 Å². The van der Waals surface area contributed by atoms with E-state index in [1.807, 2.05) is 0 Å². The van der Waals surface area contributed by atoms with E-state index in [2.05, 4.69) is 15.9 Å². The summed E-state index contributed by atoms with van der Waals surface area (Å²) in [7, 11) is 0. The number of rotatable bonds is 4. The monoisotopic (exact) mass is 312 g/mol. The number of hydrogen-bond donors (Lipinski definition) is 0. The van der Waals surface area contributed by atoms with Crippen molar-refractivity contribution in [1.82, 2.24) is 0 Å². The van der Waals surface area contributed by atoms with E-state index in [4.69, 9.17) is 0 Å². The van der Waals surface area contributed by atoms with Crippen molar-refractivity contribution in [3.63, 3.8) is 0 Å². The molecule has 0 fully saturated rings. The SMILES string of the molecule is O=C(CCCC(F)(F)F)c1cccc(Br)c1F. The van der Waals surface area contributed by atoms with Crippen LogP contribution in [0.1, 0.15) is 29.6 Å². The van der Waals surface area contributed by atoms with Crippen molar-refractivity contribution in [2.24, 2.45) is 0 Å². The summed E-state index contributed by atoms with van der Waals surface area (Å²) in [5.74, 6) is -1.35. The second kappa shape index (κ2) is 5.62. The summed E-state index contributed by atoms with van der Waals surface area (Å²) in [6, 6.07) is 4.14. The Morgan fingerprint density at radius 2 is 1.94 bits per heavy atom. The molecule has 0 heterocycles. The predicted molar refractivity (Wildman–Crippen MR) is 58.3 cm³/mol. The molecule has 0 saturated heterocycles. The third kappa shape index (κ3) is 4.46. The molecule has 0 unspecified atom stereocenters. The van der Waals surface area contributed by atoms with Gasteiger partial charge in [0.25, 0.3) is 0 Å². The van der Waals surface area contributed by atoms with Gasteiger partial charge < -0.3 is 0 Å². The third-order valence-electron chi connectivity index (χ3n) is 2.12. The Bertz CT molecular complexity index is 414. The van der Waals surface area contributed by atoms with Crippen LogP contribution in [0, 0.1) is 5.82 Å². The van der Waals surface area contributed by atoms with Crippen LogP contribution in [0.25, 0.3) is 0 Å². The van der Waals surface area contributed by atoms with Gasteiger partial charge in [-0.1, -0.05) is 6.07 Å². The van der Waals surface area contributed by atoms with Crippen LogP contribution in [0.3, 0.4) is 0 Å². The van der Waals surface area contributed by atoms with E-state index in [0.29, 0.717) is 0 Å². The van der Waals surface area contributed by atoms with Crippen LogP contribution < -0.4 is 0 Å². The molecule has 17 heavy (non-hydrogen) atoms. The highest BCUT2D eigenvalue weighted by molar-refractivity contribution is 9.10. The molecule has 6 heteroatoms. The number of carbonyl (C=O) groups is 1. The van der Waals surface area contributed by atoms with Crippen LogP contribution >= 0.6 is 15.9 Å². The smallest absolute Gasteiger partial charge is 0.294 e. The van der Waals surface area contributed by atoms with E-state index in [1.54, 1.807) is 0 Å². The Balaban J connectivity index is 2.62. The summed E-state index contributed by atoms with van der Waals surface area (Å²) in [4.78, 5) is 11.5. The Hall–Kier alpha value is -0.910. The van der Waals surface area contributed by atoms with Crippen molar-refractivity contribution in [3.05, 3.63) is 34.1 Å². The van der Waals surface area contributed by atoms with Crippen LogP contribution in [0.2, 0.25) is 0 Å². The summed E-state index contributed by atoms with van der Waals surface area (Å²) in [6.07, 6.45) is -5.95. The van der Waals surface area contributed by atoms with Gasteiger partial charge in [0.1, 0.15) is 5.82 Å². The molecule has 1 rings (SSSR count). The van der Waals surface area contributed by atoms with Crippen LogP contribution in [-0.4, -0.2) is 12.0 Å². The molecular formula is C11H9BrF4O. The average molecular weight is 313 g/mol. The summed E-state index contributed by atoms with van der Waals surface area (Å²) in [6.45, 7) is 0. The maximum atomic E-state index is 13.4. The molecule has 0 saturated carbocycles. The maximum absolute atomic E-state index is 13.4. The highest BCUT2D eigenvalue weighted by atomic mass is 79.9. The number of carbonyl (C=O) groups excluding carboxylic acids is 1. The zero-order chi connectivity index (χ0) is 13.1. The molecule has 0 N–H and O–H groups in total. The minimum absolute atomic E-state index is 0.124. The Morgan fingerprint density at radius 1 is 1.29 bits per heavy atom. The van der Waals surface area contributed by atoms with Crippen molar-refractivity contribution < 1.29 is 22.4 Å². The molecule has 0 bridgehead atoms. The Labute approximate surface area is 104 Å². The van der Waals surface area contributed by atoms with Gasteiger partial charge in [0.2, 0.25) is 0 Å². The van der Waals surface area contributed by atoms with Crippen molar-refractivity contribution in [2.75, 3.05) is 0 Å². The van der Waals surface area contributed by atoms with Gasteiger partial charge in [0, 0.05) is 12.8 Å². The number of halogens is 5. The summed E-state index contributed by atoms with van der Waals surface area (Å²) < 4.78 is 49.1. The van der Waals surface area contributed by atoms with Crippen LogP contribution in [0.5, 0.6) is 0 Å². The third-order valence-corrected chi connectivity index (χ3v) is 2.73. The van der Waals surface area contributed by atoms with Gasteiger partial charge in [0.05, 0.1) is 10.0 Å². The number of benzene rings is 1. The standard InChI is InChI=1S/C11H9BrF4O/c12-8-4-1-3-7(10(8)13)9(17)5-2-6-11(14,15)16/h1,3-4H,2,5-6H2. The molecule has 0 aliphatic heterocycles. The molecule has 0 spiro atoms. The van der Waals surface area contributed by atoms with Gasteiger partial charge in [-0.25, -0.2) is 4.39 Å².